The molecule has 0 atom stereocenters. The first-order valence-corrected chi connectivity index (χ1v) is 10.3. The van der Waals surface area contributed by atoms with Crippen LogP contribution in [0.25, 0.3) is 0 Å². The van der Waals surface area contributed by atoms with Gasteiger partial charge in [0, 0.05) is 18.3 Å². The van der Waals surface area contributed by atoms with Gasteiger partial charge in [-0.3, -0.25) is 9.89 Å². The molecule has 0 radical (unpaired) electrons. The zero-order valence-corrected chi connectivity index (χ0v) is 17.2. The quantitative estimate of drug-likeness (QED) is 0.697. The van der Waals surface area contributed by atoms with Crippen LogP contribution in [0.3, 0.4) is 0 Å². The number of nitrogens with one attached hydrogen (secondary N) is 1. The lowest BCUT2D eigenvalue weighted by Gasteiger charge is -2.28. The van der Waals surface area contributed by atoms with Crippen LogP contribution in [0.4, 0.5) is 0 Å². The summed E-state index contributed by atoms with van der Waals surface area (Å²) in [5.74, 6) is 1.42. The Morgan fingerprint density at radius 1 is 1.21 bits per heavy atom. The van der Waals surface area contributed by atoms with Crippen molar-refractivity contribution in [2.45, 2.75) is 65.0 Å². The minimum atomic E-state index is -0.000666. The average Bonchev–Trinajstić information content (AvgIpc) is 3.39. The average molecular weight is 386 g/mol. The van der Waals surface area contributed by atoms with Gasteiger partial charge in [0.05, 0.1) is 13.7 Å². The topological polar surface area (TPSA) is 67.5 Å². The zero-order chi connectivity index (χ0) is 19.9. The summed E-state index contributed by atoms with van der Waals surface area (Å²) in [4.78, 5) is 15.3. The molecule has 1 aromatic heterocycles. The second kappa shape index (κ2) is 9.62. The Morgan fingerprint density at radius 2 is 2.00 bits per heavy atom. The molecule has 28 heavy (non-hydrogen) atoms. The molecule has 6 nitrogen and oxygen atoms in total. The first kappa shape index (κ1) is 20.2. The first-order valence-electron chi connectivity index (χ1n) is 10.3. The molecule has 0 bridgehead atoms. The second-order valence-electron chi connectivity index (χ2n) is 7.32. The fourth-order valence-electron chi connectivity index (χ4n) is 3.88. The predicted molar refractivity (Wildman–Crippen MR) is 109 cm³/mol. The van der Waals surface area contributed by atoms with Gasteiger partial charge in [-0.2, -0.15) is 5.10 Å². The largest absolute Gasteiger partial charge is 0.493 e. The van der Waals surface area contributed by atoms with E-state index < -0.39 is 0 Å². The lowest BCUT2D eigenvalue weighted by Crippen LogP contribution is -2.38. The van der Waals surface area contributed by atoms with Gasteiger partial charge in [0.2, 0.25) is 0 Å². The van der Waals surface area contributed by atoms with Gasteiger partial charge in [0.15, 0.2) is 11.5 Å². The van der Waals surface area contributed by atoms with Crippen LogP contribution in [0.1, 0.15) is 67.7 Å². The molecule has 1 aliphatic carbocycles. The van der Waals surface area contributed by atoms with Gasteiger partial charge in [0.25, 0.3) is 5.91 Å². The van der Waals surface area contributed by atoms with E-state index in [9.17, 15) is 4.79 Å². The Morgan fingerprint density at radius 3 is 2.68 bits per heavy atom. The summed E-state index contributed by atoms with van der Waals surface area (Å²) in [6.07, 6.45) is 6.36. The number of amides is 1. The number of aromatic nitrogens is 2. The maximum Gasteiger partial charge on any atom is 0.274 e. The van der Waals surface area contributed by atoms with Crippen LogP contribution in [0.5, 0.6) is 11.5 Å². The summed E-state index contributed by atoms with van der Waals surface area (Å²) in [5, 5.41) is 7.29. The Bertz CT molecular complexity index is 781. The number of aromatic amines is 1. The minimum Gasteiger partial charge on any atom is -0.493 e. The van der Waals surface area contributed by atoms with Gasteiger partial charge in [-0.05, 0) is 49.9 Å². The van der Waals surface area contributed by atoms with E-state index in [1.807, 2.05) is 36.1 Å². The number of benzene rings is 1. The van der Waals surface area contributed by atoms with E-state index in [0.29, 0.717) is 30.3 Å². The summed E-state index contributed by atoms with van der Waals surface area (Å²) in [7, 11) is 1.64. The second-order valence-corrected chi connectivity index (χ2v) is 7.32. The van der Waals surface area contributed by atoms with Crippen molar-refractivity contribution in [2.24, 2.45) is 0 Å². The summed E-state index contributed by atoms with van der Waals surface area (Å²) >= 11 is 0. The number of H-pyrrole nitrogens is 1. The summed E-state index contributed by atoms with van der Waals surface area (Å²) in [6.45, 7) is 5.18. The minimum absolute atomic E-state index is 0.000666. The number of hydrogen-bond donors (Lipinski definition) is 1. The third kappa shape index (κ3) is 4.66. The Kier molecular flexibility index (Phi) is 6.95. The van der Waals surface area contributed by atoms with E-state index in [2.05, 4.69) is 17.1 Å². The summed E-state index contributed by atoms with van der Waals surface area (Å²) < 4.78 is 11.1. The lowest BCUT2D eigenvalue weighted by molar-refractivity contribution is 0.0658. The van der Waals surface area contributed by atoms with Crippen LogP contribution in [0, 0.1) is 0 Å². The molecule has 0 unspecified atom stereocenters. The van der Waals surface area contributed by atoms with Crippen molar-refractivity contribution in [3.8, 4) is 11.5 Å². The highest BCUT2D eigenvalue weighted by Gasteiger charge is 2.29. The van der Waals surface area contributed by atoms with Crippen LogP contribution in [-0.4, -0.2) is 40.8 Å². The molecule has 0 spiro atoms. The summed E-state index contributed by atoms with van der Waals surface area (Å²) in [5.41, 5.74) is 2.56. The third-order valence-electron chi connectivity index (χ3n) is 5.28. The highest BCUT2D eigenvalue weighted by Crippen LogP contribution is 2.31. The molecule has 1 aromatic carbocycles. The van der Waals surface area contributed by atoms with E-state index >= 15 is 0 Å². The van der Waals surface area contributed by atoms with Crippen LogP contribution in [0.2, 0.25) is 0 Å². The maximum absolute atomic E-state index is 13.3. The molecule has 3 rings (SSSR count). The molecule has 1 amide bonds. The third-order valence-corrected chi connectivity index (χ3v) is 5.28. The van der Waals surface area contributed by atoms with Crippen LogP contribution < -0.4 is 9.47 Å². The number of methoxy groups -OCH3 is 1. The van der Waals surface area contributed by atoms with Crippen molar-refractivity contribution < 1.29 is 14.3 Å². The molecule has 6 heteroatoms. The van der Waals surface area contributed by atoms with Gasteiger partial charge < -0.3 is 14.4 Å². The number of carbonyl (C=O) groups excluding carboxylic acids is 1. The highest BCUT2D eigenvalue weighted by molar-refractivity contribution is 5.92. The van der Waals surface area contributed by atoms with Crippen molar-refractivity contribution >= 4 is 5.91 Å². The smallest absolute Gasteiger partial charge is 0.274 e. The SMILES string of the molecule is CCCc1cc(C(=O)N(Cc2ccc(OC)c(OCC)c2)C2CCCC2)n[nH]1. The molecular weight excluding hydrogens is 354 g/mol. The maximum atomic E-state index is 13.3. The standard InChI is InChI=1S/C22H31N3O3/c1-4-8-17-14-19(24-23-17)22(26)25(18-9-6-7-10-18)15-16-11-12-20(27-3)21(13-16)28-5-2/h11-14,18H,4-10,15H2,1-3H3,(H,23,24). The molecular formula is C22H31N3O3. The van der Waals surface area contributed by atoms with Gasteiger partial charge in [-0.25, -0.2) is 0 Å². The zero-order valence-electron chi connectivity index (χ0n) is 17.2. The molecule has 0 saturated heterocycles. The molecule has 1 N–H and O–H groups in total. The van der Waals surface area contributed by atoms with Gasteiger partial charge in [-0.15, -0.1) is 0 Å². The first-order chi connectivity index (χ1) is 13.7. The van der Waals surface area contributed by atoms with Crippen molar-refractivity contribution in [1.82, 2.24) is 15.1 Å². The number of hydrogen-bond acceptors (Lipinski definition) is 4. The number of carbonyl (C=O) groups is 1. The van der Waals surface area contributed by atoms with Crippen molar-refractivity contribution in [3.63, 3.8) is 0 Å². The fraction of sp³-hybridized carbons (Fsp3) is 0.545. The Balaban J connectivity index is 1.84. The van der Waals surface area contributed by atoms with E-state index in [4.69, 9.17) is 9.47 Å². The normalized spacial score (nSPS) is 14.2. The van der Waals surface area contributed by atoms with Gasteiger partial charge in [0.1, 0.15) is 5.69 Å². The van der Waals surface area contributed by atoms with E-state index in [1.165, 1.54) is 12.8 Å². The van der Waals surface area contributed by atoms with Crippen LogP contribution in [-0.2, 0) is 13.0 Å². The van der Waals surface area contributed by atoms with Crippen LogP contribution >= 0.6 is 0 Å². The van der Waals surface area contributed by atoms with Crippen molar-refractivity contribution in [3.05, 3.63) is 41.2 Å². The number of rotatable bonds is 9. The van der Waals surface area contributed by atoms with Gasteiger partial charge >= 0.3 is 0 Å². The molecule has 152 valence electrons. The molecule has 0 aliphatic heterocycles. The Hall–Kier alpha value is -2.50. The van der Waals surface area contributed by atoms with Crippen LogP contribution in [0.15, 0.2) is 24.3 Å². The number of ether oxygens (including phenoxy) is 2. The fourth-order valence-corrected chi connectivity index (χ4v) is 3.88. The van der Waals surface area contributed by atoms with E-state index in [1.54, 1.807) is 7.11 Å². The van der Waals surface area contributed by atoms with E-state index in [-0.39, 0.29) is 11.9 Å². The molecule has 1 heterocycles. The number of nitrogens with zero attached hydrogens (tertiary/aromatic N) is 2. The number of aryl methyl sites for hydroxylation is 1. The van der Waals surface area contributed by atoms with E-state index in [0.717, 1.165) is 36.9 Å². The van der Waals surface area contributed by atoms with Crippen molar-refractivity contribution in [1.29, 1.82) is 0 Å². The predicted octanol–water partition coefficient (Wildman–Crippen LogP) is 4.35. The monoisotopic (exact) mass is 385 g/mol. The lowest BCUT2D eigenvalue weighted by atomic mass is 10.1. The molecule has 2 aromatic rings. The molecule has 1 aliphatic rings. The van der Waals surface area contributed by atoms with Gasteiger partial charge in [-0.1, -0.05) is 32.3 Å². The summed E-state index contributed by atoms with van der Waals surface area (Å²) in [6, 6.07) is 8.05. The molecule has 1 fully saturated rings. The molecule has 1 saturated carbocycles. The van der Waals surface area contributed by atoms with Crippen molar-refractivity contribution in [2.75, 3.05) is 13.7 Å². The highest BCUT2D eigenvalue weighted by atomic mass is 16.5. The Labute approximate surface area is 167 Å².